The quantitative estimate of drug-likeness (QED) is 0.258. The Morgan fingerprint density at radius 1 is 0.406 bits per heavy atom. The molecule has 6 aromatic rings. The minimum atomic E-state index is 0.983. The van der Waals surface area contributed by atoms with Gasteiger partial charge in [-0.25, -0.2) is 0 Å². The molecule has 0 radical (unpaired) electrons. The average Bonchev–Trinajstić information content (AvgIpc) is 3.24. The van der Waals surface area contributed by atoms with Gasteiger partial charge in [-0.3, -0.25) is 0 Å². The normalized spacial score (nSPS) is 11.3. The number of thiol groups is 1. The van der Waals surface area contributed by atoms with E-state index in [9.17, 15) is 0 Å². The van der Waals surface area contributed by atoms with E-state index in [0.29, 0.717) is 0 Å². The zero-order valence-corrected chi connectivity index (χ0v) is 19.0. The second-order valence-electron chi connectivity index (χ2n) is 7.93. The van der Waals surface area contributed by atoms with E-state index in [4.69, 9.17) is 0 Å². The predicted octanol–water partition coefficient (Wildman–Crippen LogP) is 9.34. The molecule has 1 heterocycles. The minimum absolute atomic E-state index is 0.983. The Hall–Kier alpha value is -3.33. The number of fused-ring (bicyclic) bond motifs is 3. The lowest BCUT2D eigenvalue weighted by Gasteiger charge is -2.11. The van der Waals surface area contributed by atoms with Crippen LogP contribution in [0.25, 0.3) is 53.6 Å². The van der Waals surface area contributed by atoms with E-state index in [1.807, 2.05) is 11.3 Å². The number of thiophene rings is 1. The van der Waals surface area contributed by atoms with Gasteiger partial charge in [-0.2, -0.15) is 0 Å². The standard InChI is InChI=1S/C30H20S2/c31-22-18-16-21(17-19-22)24-12-6-14-27-28-15-7-13-26(30(28)32-29(24)27)25-11-5-4-10-23(25)20-8-2-1-3-9-20/h1-19,31H. The van der Waals surface area contributed by atoms with Crippen molar-refractivity contribution in [3.63, 3.8) is 0 Å². The fourth-order valence-corrected chi connectivity index (χ4v) is 6.00. The molecule has 0 nitrogen and oxygen atoms in total. The Morgan fingerprint density at radius 2 is 0.938 bits per heavy atom. The summed E-state index contributed by atoms with van der Waals surface area (Å²) in [5, 5.41) is 2.63. The van der Waals surface area contributed by atoms with E-state index in [-0.39, 0.29) is 0 Å². The summed E-state index contributed by atoms with van der Waals surface area (Å²) < 4.78 is 2.67. The van der Waals surface area contributed by atoms with E-state index in [1.165, 1.54) is 53.6 Å². The molecule has 0 aliphatic rings. The molecule has 2 heteroatoms. The Bertz CT molecular complexity index is 1560. The molecule has 0 amide bonds. The lowest BCUT2D eigenvalue weighted by molar-refractivity contribution is 1.48. The van der Waals surface area contributed by atoms with Gasteiger partial charge in [0.25, 0.3) is 0 Å². The third-order valence-electron chi connectivity index (χ3n) is 6.00. The van der Waals surface area contributed by atoms with E-state index in [1.54, 1.807) is 0 Å². The second-order valence-corrected chi connectivity index (χ2v) is 9.46. The average molecular weight is 445 g/mol. The van der Waals surface area contributed by atoms with Gasteiger partial charge in [-0.05, 0) is 39.9 Å². The molecule has 5 aromatic carbocycles. The van der Waals surface area contributed by atoms with Crippen LogP contribution in [-0.2, 0) is 0 Å². The van der Waals surface area contributed by atoms with E-state index in [0.717, 1.165) is 4.90 Å². The van der Waals surface area contributed by atoms with Gasteiger partial charge in [0.15, 0.2) is 0 Å². The second kappa shape index (κ2) is 7.98. The van der Waals surface area contributed by atoms with Crippen molar-refractivity contribution in [3.8, 4) is 33.4 Å². The summed E-state index contributed by atoms with van der Waals surface area (Å²) in [6.07, 6.45) is 0. The highest BCUT2D eigenvalue weighted by molar-refractivity contribution is 7.80. The first kappa shape index (κ1) is 19.4. The van der Waals surface area contributed by atoms with Gasteiger partial charge in [-0.15, -0.1) is 24.0 Å². The summed E-state index contributed by atoms with van der Waals surface area (Å²) in [5.41, 5.74) is 7.58. The van der Waals surface area contributed by atoms with Crippen molar-refractivity contribution in [2.45, 2.75) is 4.90 Å². The lowest BCUT2D eigenvalue weighted by Crippen LogP contribution is -1.85. The molecule has 32 heavy (non-hydrogen) atoms. The summed E-state index contributed by atoms with van der Waals surface area (Å²) in [7, 11) is 0. The lowest BCUT2D eigenvalue weighted by atomic mass is 9.93. The van der Waals surface area contributed by atoms with Gasteiger partial charge in [0.2, 0.25) is 0 Å². The van der Waals surface area contributed by atoms with E-state index < -0.39 is 0 Å². The van der Waals surface area contributed by atoms with Gasteiger partial charge in [-0.1, -0.05) is 103 Å². The minimum Gasteiger partial charge on any atom is -0.143 e. The molecule has 0 aliphatic heterocycles. The highest BCUT2D eigenvalue weighted by Crippen LogP contribution is 2.45. The highest BCUT2D eigenvalue weighted by atomic mass is 32.1. The molecule has 0 unspecified atom stereocenters. The SMILES string of the molecule is Sc1ccc(-c2cccc3c2sc2c(-c4ccccc4-c4ccccc4)cccc23)cc1. The summed E-state index contributed by atoms with van der Waals surface area (Å²) >= 11 is 6.35. The summed E-state index contributed by atoms with van der Waals surface area (Å²) in [5.74, 6) is 0. The van der Waals surface area contributed by atoms with Crippen LogP contribution in [0, 0.1) is 0 Å². The molecule has 0 atom stereocenters. The Kier molecular flexibility index (Phi) is 4.83. The van der Waals surface area contributed by atoms with E-state index in [2.05, 4.69) is 128 Å². The van der Waals surface area contributed by atoms with Gasteiger partial charge in [0.05, 0.1) is 0 Å². The van der Waals surface area contributed by atoms with Crippen molar-refractivity contribution in [2.24, 2.45) is 0 Å². The van der Waals surface area contributed by atoms with E-state index >= 15 is 0 Å². The van der Waals surface area contributed by atoms with Gasteiger partial charge in [0, 0.05) is 30.6 Å². The van der Waals surface area contributed by atoms with Crippen LogP contribution in [0.4, 0.5) is 0 Å². The zero-order chi connectivity index (χ0) is 21.5. The maximum Gasteiger partial charge on any atom is 0.0434 e. The summed E-state index contributed by atoms with van der Waals surface area (Å²) in [4.78, 5) is 0.983. The highest BCUT2D eigenvalue weighted by Gasteiger charge is 2.15. The molecule has 0 saturated heterocycles. The molecule has 1 aromatic heterocycles. The zero-order valence-electron chi connectivity index (χ0n) is 17.3. The van der Waals surface area contributed by atoms with Crippen molar-refractivity contribution in [2.75, 3.05) is 0 Å². The van der Waals surface area contributed by atoms with Crippen LogP contribution < -0.4 is 0 Å². The molecule has 0 N–H and O–H groups in total. The maximum atomic E-state index is 4.45. The van der Waals surface area contributed by atoms with Crippen LogP contribution in [0.15, 0.2) is 120 Å². The Morgan fingerprint density at radius 3 is 1.66 bits per heavy atom. The first-order valence-electron chi connectivity index (χ1n) is 10.7. The fraction of sp³-hybridized carbons (Fsp3) is 0. The fourth-order valence-electron chi connectivity index (χ4n) is 4.49. The summed E-state index contributed by atoms with van der Waals surface area (Å²) in [6.45, 7) is 0. The largest absolute Gasteiger partial charge is 0.143 e. The van der Waals surface area contributed by atoms with Crippen molar-refractivity contribution < 1.29 is 0 Å². The van der Waals surface area contributed by atoms with Crippen molar-refractivity contribution >= 4 is 44.1 Å². The number of hydrogen-bond acceptors (Lipinski definition) is 2. The third-order valence-corrected chi connectivity index (χ3v) is 7.59. The van der Waals surface area contributed by atoms with Crippen molar-refractivity contribution in [1.29, 1.82) is 0 Å². The van der Waals surface area contributed by atoms with Crippen LogP contribution in [0.2, 0.25) is 0 Å². The molecular formula is C30H20S2. The number of rotatable bonds is 3. The molecule has 0 bridgehead atoms. The molecule has 0 aliphatic carbocycles. The van der Waals surface area contributed by atoms with Crippen LogP contribution in [-0.4, -0.2) is 0 Å². The van der Waals surface area contributed by atoms with Crippen LogP contribution in [0.5, 0.6) is 0 Å². The van der Waals surface area contributed by atoms with Gasteiger partial charge in [0.1, 0.15) is 0 Å². The number of hydrogen-bond donors (Lipinski definition) is 1. The molecule has 0 saturated carbocycles. The molecule has 0 spiro atoms. The van der Waals surface area contributed by atoms with Gasteiger partial charge < -0.3 is 0 Å². The predicted molar refractivity (Wildman–Crippen MR) is 143 cm³/mol. The molecule has 152 valence electrons. The van der Waals surface area contributed by atoms with Crippen molar-refractivity contribution in [3.05, 3.63) is 115 Å². The molecule has 6 rings (SSSR count). The van der Waals surface area contributed by atoms with Crippen LogP contribution in [0.3, 0.4) is 0 Å². The van der Waals surface area contributed by atoms with Gasteiger partial charge >= 0.3 is 0 Å². The smallest absolute Gasteiger partial charge is 0.0434 e. The van der Waals surface area contributed by atoms with Crippen LogP contribution >= 0.6 is 24.0 Å². The molecular weight excluding hydrogens is 424 g/mol. The first-order chi connectivity index (χ1) is 15.8. The van der Waals surface area contributed by atoms with Crippen LogP contribution in [0.1, 0.15) is 0 Å². The first-order valence-corrected chi connectivity index (χ1v) is 11.9. The number of benzene rings is 5. The Labute approximate surface area is 197 Å². The monoisotopic (exact) mass is 444 g/mol. The van der Waals surface area contributed by atoms with Crippen molar-refractivity contribution in [1.82, 2.24) is 0 Å². The summed E-state index contributed by atoms with van der Waals surface area (Å²) in [6, 6.07) is 41.2. The topological polar surface area (TPSA) is 0 Å². The molecule has 0 fully saturated rings. The third kappa shape index (κ3) is 3.24. The Balaban J connectivity index is 1.62. The maximum absolute atomic E-state index is 4.45.